The van der Waals surface area contributed by atoms with E-state index < -0.39 is 33.7 Å². The molecule has 15 heavy (non-hydrogen) atoms. The standard InChI is InChI=1S/C6H10O7S.Na/c1-2-13-5(7)3-4(6(8)9)14(10,11)12;/h4H,2-3H2,1H3,(H,8,9)(H,10,11,12);/q;+1/p-1. The molecule has 0 rings (SSSR count). The summed E-state index contributed by atoms with van der Waals surface area (Å²) in [6.07, 6.45) is -0.963. The summed E-state index contributed by atoms with van der Waals surface area (Å²) in [4.78, 5) is 20.9. The molecule has 7 nitrogen and oxygen atoms in total. The van der Waals surface area contributed by atoms with Gasteiger partial charge in [0.25, 0.3) is 10.1 Å². The van der Waals surface area contributed by atoms with E-state index in [9.17, 15) is 23.1 Å². The van der Waals surface area contributed by atoms with Gasteiger partial charge in [-0.3, -0.25) is 9.35 Å². The molecule has 0 heterocycles. The molecule has 0 aliphatic heterocycles. The van der Waals surface area contributed by atoms with E-state index in [-0.39, 0.29) is 36.2 Å². The number of carbonyl (C=O) groups is 2. The van der Waals surface area contributed by atoms with Gasteiger partial charge in [0.15, 0.2) is 0 Å². The van der Waals surface area contributed by atoms with Gasteiger partial charge in [-0.25, -0.2) is 0 Å². The van der Waals surface area contributed by atoms with Crippen LogP contribution in [0.5, 0.6) is 0 Å². The van der Waals surface area contributed by atoms with Crippen LogP contribution in [0.3, 0.4) is 0 Å². The normalized spacial score (nSPS) is 12.4. The van der Waals surface area contributed by atoms with Gasteiger partial charge in [-0.05, 0) is 6.92 Å². The van der Waals surface area contributed by atoms with Gasteiger partial charge in [-0.1, -0.05) is 0 Å². The first kappa shape index (κ1) is 17.3. The van der Waals surface area contributed by atoms with Gasteiger partial charge < -0.3 is 14.6 Å². The van der Waals surface area contributed by atoms with Crippen molar-refractivity contribution in [3.05, 3.63) is 0 Å². The molecule has 0 radical (unpaired) electrons. The smallest absolute Gasteiger partial charge is 0.549 e. The fourth-order valence-corrected chi connectivity index (χ4v) is 1.27. The maximum Gasteiger partial charge on any atom is 1.00 e. The Labute approximate surface area is 109 Å². The third-order valence-electron chi connectivity index (χ3n) is 1.28. The van der Waals surface area contributed by atoms with Gasteiger partial charge >= 0.3 is 35.5 Å². The molecule has 0 spiro atoms. The summed E-state index contributed by atoms with van der Waals surface area (Å²) in [7, 11) is -4.84. The maximum atomic E-state index is 10.7. The van der Waals surface area contributed by atoms with E-state index in [1.165, 1.54) is 6.92 Å². The van der Waals surface area contributed by atoms with E-state index in [1.807, 2.05) is 0 Å². The van der Waals surface area contributed by atoms with Gasteiger partial charge in [0.05, 0.1) is 19.0 Å². The van der Waals surface area contributed by atoms with Crippen molar-refractivity contribution in [2.75, 3.05) is 6.61 Å². The fraction of sp³-hybridized carbons (Fsp3) is 0.667. The second kappa shape index (κ2) is 7.18. The molecule has 9 heteroatoms. The van der Waals surface area contributed by atoms with Crippen molar-refractivity contribution >= 4 is 22.1 Å². The van der Waals surface area contributed by atoms with E-state index in [4.69, 9.17) is 4.55 Å². The third-order valence-corrected chi connectivity index (χ3v) is 2.36. The van der Waals surface area contributed by atoms with Gasteiger partial charge in [-0.2, -0.15) is 8.42 Å². The molecule has 0 aliphatic rings. The predicted octanol–water partition coefficient (Wildman–Crippen LogP) is -5.05. The Morgan fingerprint density at radius 1 is 1.47 bits per heavy atom. The van der Waals surface area contributed by atoms with Crippen LogP contribution in [0, 0.1) is 0 Å². The Bertz CT molecular complexity index is 322. The summed E-state index contributed by atoms with van der Waals surface area (Å²) >= 11 is 0. The summed E-state index contributed by atoms with van der Waals surface area (Å²) in [6.45, 7) is 1.46. The van der Waals surface area contributed by atoms with Crippen LogP contribution in [-0.2, 0) is 24.4 Å². The Hall–Kier alpha value is -0.150. The van der Waals surface area contributed by atoms with E-state index in [1.54, 1.807) is 0 Å². The Kier molecular flexibility index (Phi) is 8.25. The van der Waals surface area contributed by atoms with Crippen LogP contribution in [0.2, 0.25) is 0 Å². The number of rotatable bonds is 5. The molecule has 0 aromatic rings. The van der Waals surface area contributed by atoms with E-state index in [0.29, 0.717) is 0 Å². The van der Waals surface area contributed by atoms with Crippen LogP contribution < -0.4 is 34.7 Å². The number of aliphatic carboxylic acids is 1. The van der Waals surface area contributed by atoms with E-state index in [0.717, 1.165) is 0 Å². The third kappa shape index (κ3) is 6.85. The molecule has 0 saturated carbocycles. The molecule has 0 saturated heterocycles. The average molecular weight is 248 g/mol. The van der Waals surface area contributed by atoms with Gasteiger partial charge in [-0.15, -0.1) is 0 Å². The zero-order valence-corrected chi connectivity index (χ0v) is 11.1. The van der Waals surface area contributed by atoms with Crippen LogP contribution in [0.15, 0.2) is 0 Å². The van der Waals surface area contributed by atoms with Crippen molar-refractivity contribution < 1.29 is 62.0 Å². The minimum absolute atomic E-state index is 0. The minimum atomic E-state index is -4.84. The first-order valence-corrected chi connectivity index (χ1v) is 5.12. The first-order chi connectivity index (χ1) is 6.29. The summed E-state index contributed by atoms with van der Waals surface area (Å²) < 4.78 is 33.6. The molecule has 0 aromatic carbocycles. The quantitative estimate of drug-likeness (QED) is 0.293. The fourth-order valence-electron chi connectivity index (χ4n) is 0.682. The summed E-state index contributed by atoms with van der Waals surface area (Å²) in [5, 5.41) is 7.95. The summed E-state index contributed by atoms with van der Waals surface area (Å²) in [6, 6.07) is 0. The molecular weight excluding hydrogens is 239 g/mol. The Morgan fingerprint density at radius 3 is 2.20 bits per heavy atom. The molecule has 0 amide bonds. The van der Waals surface area contributed by atoms with Crippen molar-refractivity contribution in [3.63, 3.8) is 0 Å². The second-order valence-electron chi connectivity index (χ2n) is 2.33. The van der Waals surface area contributed by atoms with Crippen LogP contribution in [0.4, 0.5) is 0 Å². The maximum absolute atomic E-state index is 10.7. The molecule has 1 N–H and O–H groups in total. The van der Waals surface area contributed by atoms with Crippen LogP contribution in [0.25, 0.3) is 0 Å². The predicted molar refractivity (Wildman–Crippen MR) is 41.6 cm³/mol. The molecule has 82 valence electrons. The van der Waals surface area contributed by atoms with Crippen LogP contribution in [-0.4, -0.2) is 36.8 Å². The van der Waals surface area contributed by atoms with Crippen molar-refractivity contribution in [1.29, 1.82) is 0 Å². The topological polar surface area (TPSA) is 121 Å². The van der Waals surface area contributed by atoms with Crippen LogP contribution >= 0.6 is 0 Å². The molecule has 0 aliphatic carbocycles. The van der Waals surface area contributed by atoms with Gasteiger partial charge in [0.2, 0.25) is 0 Å². The van der Waals surface area contributed by atoms with E-state index in [2.05, 4.69) is 4.74 Å². The zero-order chi connectivity index (χ0) is 11.4. The van der Waals surface area contributed by atoms with Crippen molar-refractivity contribution in [1.82, 2.24) is 0 Å². The van der Waals surface area contributed by atoms with Crippen molar-refractivity contribution in [3.8, 4) is 0 Å². The molecule has 1 atom stereocenters. The zero-order valence-electron chi connectivity index (χ0n) is 8.30. The van der Waals surface area contributed by atoms with E-state index >= 15 is 0 Å². The minimum Gasteiger partial charge on any atom is -0.549 e. The Morgan fingerprint density at radius 2 is 1.93 bits per heavy atom. The molecule has 0 fully saturated rings. The number of carbonyl (C=O) groups excluding carboxylic acids is 2. The van der Waals surface area contributed by atoms with Crippen molar-refractivity contribution in [2.24, 2.45) is 0 Å². The SMILES string of the molecule is CCOC(=O)CC(C(=O)[O-])S(=O)(=O)O.[Na+]. The monoisotopic (exact) mass is 248 g/mol. The molecule has 0 aromatic heterocycles. The Balaban J connectivity index is 0. The number of ether oxygens (including phenoxy) is 1. The number of carboxylic acid groups (broad SMARTS) is 1. The summed E-state index contributed by atoms with van der Waals surface area (Å²) in [5.74, 6) is -3.07. The first-order valence-electron chi connectivity index (χ1n) is 3.61. The second-order valence-corrected chi connectivity index (χ2v) is 3.93. The average Bonchev–Trinajstić information content (AvgIpc) is 1.98. The molecule has 0 bridgehead atoms. The van der Waals surface area contributed by atoms with Crippen LogP contribution in [0.1, 0.15) is 13.3 Å². The molecule has 1 unspecified atom stereocenters. The number of esters is 1. The molecular formula is C6H9NaO7S. The number of hydrogen-bond acceptors (Lipinski definition) is 6. The van der Waals surface area contributed by atoms with Gasteiger partial charge in [0.1, 0.15) is 5.25 Å². The number of hydrogen-bond donors (Lipinski definition) is 1. The number of carboxylic acids is 1. The van der Waals surface area contributed by atoms with Crippen molar-refractivity contribution in [2.45, 2.75) is 18.6 Å². The van der Waals surface area contributed by atoms with Gasteiger partial charge in [0, 0.05) is 0 Å². The summed E-state index contributed by atoms with van der Waals surface area (Å²) in [5.41, 5.74) is 0. The largest absolute Gasteiger partial charge is 1.00 e.